The van der Waals surface area contributed by atoms with Gasteiger partial charge in [0, 0.05) is 46.9 Å². The van der Waals surface area contributed by atoms with Gasteiger partial charge in [0.25, 0.3) is 0 Å². The molecule has 0 aromatic heterocycles. The van der Waals surface area contributed by atoms with Crippen LogP contribution in [0, 0.1) is 0 Å². The summed E-state index contributed by atoms with van der Waals surface area (Å²) in [6.07, 6.45) is -4.14. The average molecular weight is 593 g/mol. The molecule has 0 spiro atoms. The van der Waals surface area contributed by atoms with Gasteiger partial charge in [-0.15, -0.1) is 0 Å². The lowest BCUT2D eigenvalue weighted by Gasteiger charge is -2.50. The van der Waals surface area contributed by atoms with Crippen LogP contribution in [-0.4, -0.2) is 63.3 Å². The predicted octanol–water partition coefficient (Wildman–Crippen LogP) is 2.50. The van der Waals surface area contributed by atoms with E-state index in [2.05, 4.69) is 0 Å². The third-order valence-corrected chi connectivity index (χ3v) is 8.14. The van der Waals surface area contributed by atoms with Gasteiger partial charge in [-0.05, 0) is 29.8 Å². The van der Waals surface area contributed by atoms with Gasteiger partial charge in [0.15, 0.2) is 28.7 Å². The summed E-state index contributed by atoms with van der Waals surface area (Å²) in [7, 11) is 0. The standard InChI is InChI=1S/C30H24O13/c31-12-6-16(34)23-21(7-12)42-30(11-4-17(35)27(39)18(36)5-11)29(40)25(23)24-22(43-30)9-20-13(26(24)38)8-19(37)28(41-20)10-1-2-14(32)15(33)3-10/h1-7,9,19,25,28-29,31-40H,8H2. The summed E-state index contributed by atoms with van der Waals surface area (Å²) in [5.41, 5.74) is 0.300. The Morgan fingerprint density at radius 3 is 1.98 bits per heavy atom. The fourth-order valence-electron chi connectivity index (χ4n) is 6.14. The highest BCUT2D eigenvalue weighted by Crippen LogP contribution is 2.62. The van der Waals surface area contributed by atoms with Crippen LogP contribution in [0.25, 0.3) is 0 Å². The van der Waals surface area contributed by atoms with Crippen molar-refractivity contribution in [2.75, 3.05) is 0 Å². The van der Waals surface area contributed by atoms with E-state index in [-0.39, 0.29) is 51.7 Å². The monoisotopic (exact) mass is 592 g/mol. The van der Waals surface area contributed by atoms with Gasteiger partial charge in [-0.1, -0.05) is 6.07 Å². The first-order valence-corrected chi connectivity index (χ1v) is 13.0. The summed E-state index contributed by atoms with van der Waals surface area (Å²) >= 11 is 0. The highest BCUT2D eigenvalue weighted by molar-refractivity contribution is 5.68. The number of benzene rings is 4. The Hall–Kier alpha value is -5.40. The lowest BCUT2D eigenvalue weighted by Crippen LogP contribution is -2.57. The van der Waals surface area contributed by atoms with Crippen molar-refractivity contribution in [3.63, 3.8) is 0 Å². The maximum atomic E-state index is 11.8. The van der Waals surface area contributed by atoms with Crippen molar-refractivity contribution < 1.29 is 65.3 Å². The summed E-state index contributed by atoms with van der Waals surface area (Å²) < 4.78 is 18.3. The highest BCUT2D eigenvalue weighted by atomic mass is 16.7. The van der Waals surface area contributed by atoms with Crippen LogP contribution in [0.15, 0.2) is 48.5 Å². The number of hydrogen-bond acceptors (Lipinski definition) is 13. The van der Waals surface area contributed by atoms with E-state index in [1.54, 1.807) is 0 Å². The van der Waals surface area contributed by atoms with Crippen molar-refractivity contribution in [1.82, 2.24) is 0 Å². The Labute approximate surface area is 241 Å². The van der Waals surface area contributed by atoms with Gasteiger partial charge in [0.1, 0.15) is 46.7 Å². The van der Waals surface area contributed by atoms with Gasteiger partial charge in [0.2, 0.25) is 0 Å². The van der Waals surface area contributed by atoms with Gasteiger partial charge >= 0.3 is 5.79 Å². The zero-order valence-electron chi connectivity index (χ0n) is 21.8. The number of aliphatic hydroxyl groups excluding tert-OH is 2. The second kappa shape index (κ2) is 8.80. The molecule has 222 valence electrons. The van der Waals surface area contributed by atoms with E-state index in [0.29, 0.717) is 5.56 Å². The summed E-state index contributed by atoms with van der Waals surface area (Å²) in [5, 5.41) is 105. The Morgan fingerprint density at radius 2 is 1.30 bits per heavy atom. The molecule has 0 aliphatic carbocycles. The van der Waals surface area contributed by atoms with Crippen LogP contribution in [0.5, 0.6) is 63.2 Å². The Morgan fingerprint density at radius 1 is 0.628 bits per heavy atom. The largest absolute Gasteiger partial charge is 0.508 e. The molecule has 0 saturated carbocycles. The first-order valence-electron chi connectivity index (χ1n) is 13.0. The minimum absolute atomic E-state index is 0.00355. The number of phenolic OH excluding ortho intramolecular Hbond substituents is 8. The maximum Gasteiger partial charge on any atom is 0.305 e. The van der Waals surface area contributed by atoms with Crippen LogP contribution in [0.2, 0.25) is 0 Å². The molecule has 10 N–H and O–H groups in total. The molecule has 5 atom stereocenters. The second-order valence-corrected chi connectivity index (χ2v) is 10.7. The molecule has 13 nitrogen and oxygen atoms in total. The molecule has 2 bridgehead atoms. The van der Waals surface area contributed by atoms with Crippen LogP contribution in [0.1, 0.15) is 39.8 Å². The summed E-state index contributed by atoms with van der Waals surface area (Å²) in [5.74, 6) is -8.16. The van der Waals surface area contributed by atoms with Crippen molar-refractivity contribution in [2.24, 2.45) is 0 Å². The van der Waals surface area contributed by atoms with Crippen molar-refractivity contribution in [3.05, 3.63) is 76.3 Å². The molecule has 13 heteroatoms. The van der Waals surface area contributed by atoms with Crippen molar-refractivity contribution in [3.8, 4) is 63.2 Å². The fourth-order valence-corrected chi connectivity index (χ4v) is 6.14. The van der Waals surface area contributed by atoms with E-state index in [9.17, 15) is 51.1 Å². The number of aliphatic hydroxyl groups is 2. The van der Waals surface area contributed by atoms with Gasteiger partial charge in [0.05, 0.1) is 12.0 Å². The van der Waals surface area contributed by atoms with Gasteiger partial charge in [-0.25, -0.2) is 0 Å². The molecule has 3 aliphatic rings. The number of hydrogen-bond donors (Lipinski definition) is 10. The van der Waals surface area contributed by atoms with Crippen LogP contribution in [-0.2, 0) is 12.2 Å². The van der Waals surface area contributed by atoms with Gasteiger partial charge in [-0.3, -0.25) is 0 Å². The van der Waals surface area contributed by atoms with E-state index in [1.165, 1.54) is 24.3 Å². The van der Waals surface area contributed by atoms with Gasteiger partial charge in [-0.2, -0.15) is 0 Å². The molecule has 0 radical (unpaired) electrons. The molecular weight excluding hydrogens is 568 g/mol. The third kappa shape index (κ3) is 3.65. The first-order chi connectivity index (χ1) is 20.4. The average Bonchev–Trinajstić information content (AvgIpc) is 2.93. The molecule has 3 heterocycles. The Bertz CT molecular complexity index is 1810. The predicted molar refractivity (Wildman–Crippen MR) is 143 cm³/mol. The highest BCUT2D eigenvalue weighted by Gasteiger charge is 2.60. The number of phenols is 8. The Kier molecular flexibility index (Phi) is 5.42. The topological polar surface area (TPSA) is 230 Å². The van der Waals surface area contributed by atoms with E-state index in [1.807, 2.05) is 0 Å². The summed E-state index contributed by atoms with van der Waals surface area (Å²) in [6, 6.07) is 9.45. The van der Waals surface area contributed by atoms with Crippen LogP contribution in [0.3, 0.4) is 0 Å². The number of aromatic hydroxyl groups is 8. The maximum absolute atomic E-state index is 11.8. The number of ether oxygens (including phenoxy) is 3. The zero-order valence-corrected chi connectivity index (χ0v) is 21.8. The molecule has 4 aromatic rings. The first kappa shape index (κ1) is 26.5. The van der Waals surface area contributed by atoms with Crippen molar-refractivity contribution in [2.45, 2.75) is 36.4 Å². The van der Waals surface area contributed by atoms with E-state index in [0.717, 1.165) is 24.3 Å². The molecule has 5 unspecified atom stereocenters. The van der Waals surface area contributed by atoms with E-state index < -0.39 is 70.3 Å². The van der Waals surface area contributed by atoms with Crippen molar-refractivity contribution in [1.29, 1.82) is 0 Å². The lowest BCUT2D eigenvalue weighted by atomic mass is 9.74. The minimum atomic E-state index is -2.26. The normalized spacial score (nSPS) is 24.9. The van der Waals surface area contributed by atoms with Gasteiger partial charge < -0.3 is 65.3 Å². The molecule has 0 saturated heterocycles. The number of rotatable bonds is 2. The zero-order chi connectivity index (χ0) is 30.5. The van der Waals surface area contributed by atoms with Crippen molar-refractivity contribution >= 4 is 0 Å². The minimum Gasteiger partial charge on any atom is -0.508 e. The SMILES string of the molecule is Oc1cc(O)c2c(c1)OC1(c3cc(O)c(O)c(O)c3)Oc3cc4c(c(O)c3C2C1O)CC(O)C(c1ccc(O)c(O)c1)O4. The van der Waals surface area contributed by atoms with Crippen LogP contribution in [0.4, 0.5) is 0 Å². The van der Waals surface area contributed by atoms with Crippen LogP contribution < -0.4 is 14.2 Å². The molecule has 0 amide bonds. The fraction of sp³-hybridized carbons (Fsp3) is 0.200. The molecule has 43 heavy (non-hydrogen) atoms. The van der Waals surface area contributed by atoms with E-state index in [4.69, 9.17) is 14.2 Å². The third-order valence-electron chi connectivity index (χ3n) is 8.14. The van der Waals surface area contributed by atoms with E-state index >= 15 is 0 Å². The summed E-state index contributed by atoms with van der Waals surface area (Å²) in [4.78, 5) is 0. The Balaban J connectivity index is 1.44. The molecule has 0 fully saturated rings. The number of fused-ring (bicyclic) bond motifs is 7. The molecular formula is C30H24O13. The van der Waals surface area contributed by atoms with Crippen LogP contribution >= 0.6 is 0 Å². The quantitative estimate of drug-likeness (QED) is 0.151. The lowest BCUT2D eigenvalue weighted by molar-refractivity contribution is -0.219. The molecule has 3 aliphatic heterocycles. The molecule has 4 aromatic carbocycles. The second-order valence-electron chi connectivity index (χ2n) is 10.7. The smallest absolute Gasteiger partial charge is 0.305 e. The molecule has 7 rings (SSSR count). The summed E-state index contributed by atoms with van der Waals surface area (Å²) in [6.45, 7) is 0.